The molecule has 1 fully saturated rings. The van der Waals surface area contributed by atoms with Crippen LogP contribution in [-0.4, -0.2) is 36.1 Å². The summed E-state index contributed by atoms with van der Waals surface area (Å²) in [6.07, 6.45) is -2.64. The molecule has 29 heavy (non-hydrogen) atoms. The van der Waals surface area contributed by atoms with E-state index in [1.807, 2.05) is 60.4 Å². The molecular formula is C22H21ClF2N4. The zero-order valence-electron chi connectivity index (χ0n) is 16.0. The number of rotatable bonds is 4. The Labute approximate surface area is 173 Å². The second kappa shape index (κ2) is 8.33. The molecule has 1 aliphatic heterocycles. The fourth-order valence-electron chi connectivity index (χ4n) is 3.42. The van der Waals surface area contributed by atoms with E-state index in [-0.39, 0.29) is 5.69 Å². The number of halogens is 3. The molecule has 0 aliphatic carbocycles. The molecule has 0 N–H and O–H groups in total. The number of anilines is 2. The maximum Gasteiger partial charge on any atom is 0.280 e. The fraction of sp³-hybridized carbons (Fsp3) is 0.273. The van der Waals surface area contributed by atoms with Crippen molar-refractivity contribution >= 4 is 23.2 Å². The minimum Gasteiger partial charge on any atom is -0.368 e. The molecule has 0 bridgehead atoms. The normalized spacial score (nSPS) is 14.5. The first-order chi connectivity index (χ1) is 14.0. The lowest BCUT2D eigenvalue weighted by Gasteiger charge is -2.36. The van der Waals surface area contributed by atoms with Crippen molar-refractivity contribution in [1.82, 2.24) is 9.97 Å². The van der Waals surface area contributed by atoms with Crippen molar-refractivity contribution in [3.8, 4) is 11.3 Å². The Morgan fingerprint density at radius 2 is 1.59 bits per heavy atom. The summed E-state index contributed by atoms with van der Waals surface area (Å²) in [6, 6.07) is 16.8. The highest BCUT2D eigenvalue weighted by atomic mass is 35.5. The van der Waals surface area contributed by atoms with Gasteiger partial charge in [0, 0.05) is 42.5 Å². The molecule has 3 aromatic rings. The van der Waals surface area contributed by atoms with E-state index in [0.717, 1.165) is 29.9 Å². The summed E-state index contributed by atoms with van der Waals surface area (Å²) in [4.78, 5) is 12.9. The molecule has 0 saturated carbocycles. The maximum atomic E-state index is 13.5. The number of alkyl halides is 2. The first kappa shape index (κ1) is 19.6. The van der Waals surface area contributed by atoms with Crippen LogP contribution in [0.25, 0.3) is 11.3 Å². The number of piperazine rings is 1. The first-order valence-corrected chi connectivity index (χ1v) is 9.87. The van der Waals surface area contributed by atoms with Gasteiger partial charge in [0.15, 0.2) is 0 Å². The Morgan fingerprint density at radius 1 is 0.897 bits per heavy atom. The largest absolute Gasteiger partial charge is 0.368 e. The minimum atomic E-state index is -2.64. The average molecular weight is 415 g/mol. The summed E-state index contributed by atoms with van der Waals surface area (Å²) in [5.41, 5.74) is 3.23. The van der Waals surface area contributed by atoms with Crippen molar-refractivity contribution in [3.63, 3.8) is 0 Å². The van der Waals surface area contributed by atoms with Crippen molar-refractivity contribution in [1.29, 1.82) is 0 Å². The molecule has 1 aliphatic rings. The van der Waals surface area contributed by atoms with Crippen molar-refractivity contribution in [2.24, 2.45) is 0 Å². The van der Waals surface area contributed by atoms with Crippen LogP contribution in [0.2, 0.25) is 5.02 Å². The SMILES string of the molecule is Cc1ccc(-c2cc(C(F)F)nc(N3CCN(c4cccc(Cl)c4)CC3)n2)cc1. The summed E-state index contributed by atoms with van der Waals surface area (Å²) < 4.78 is 26.9. The fourth-order valence-corrected chi connectivity index (χ4v) is 3.60. The van der Waals surface area contributed by atoms with Gasteiger partial charge in [-0.05, 0) is 31.2 Å². The summed E-state index contributed by atoms with van der Waals surface area (Å²) in [6.45, 7) is 4.75. The molecule has 4 rings (SSSR count). The third-order valence-corrected chi connectivity index (χ3v) is 5.28. The van der Waals surface area contributed by atoms with Gasteiger partial charge in [-0.3, -0.25) is 0 Å². The third-order valence-electron chi connectivity index (χ3n) is 5.04. The van der Waals surface area contributed by atoms with Crippen molar-refractivity contribution < 1.29 is 8.78 Å². The van der Waals surface area contributed by atoms with Gasteiger partial charge in [0.2, 0.25) is 5.95 Å². The van der Waals surface area contributed by atoms with Gasteiger partial charge < -0.3 is 9.80 Å². The van der Waals surface area contributed by atoms with E-state index in [2.05, 4.69) is 14.9 Å². The quantitative estimate of drug-likeness (QED) is 0.574. The lowest BCUT2D eigenvalue weighted by atomic mass is 10.1. The molecule has 0 amide bonds. The summed E-state index contributed by atoms with van der Waals surface area (Å²) in [5.74, 6) is 0.351. The number of nitrogens with zero attached hydrogens (tertiary/aromatic N) is 4. The summed E-state index contributed by atoms with van der Waals surface area (Å²) in [7, 11) is 0. The predicted octanol–water partition coefficient (Wildman–Crippen LogP) is 5.37. The van der Waals surface area contributed by atoms with Gasteiger partial charge in [0.1, 0.15) is 5.69 Å². The van der Waals surface area contributed by atoms with Gasteiger partial charge in [-0.1, -0.05) is 47.5 Å². The highest BCUT2D eigenvalue weighted by Crippen LogP contribution is 2.27. The molecule has 2 heterocycles. The molecule has 0 radical (unpaired) electrons. The van der Waals surface area contributed by atoms with E-state index in [9.17, 15) is 8.78 Å². The second-order valence-electron chi connectivity index (χ2n) is 7.10. The van der Waals surface area contributed by atoms with Gasteiger partial charge in [0.05, 0.1) is 5.69 Å². The number of aromatic nitrogens is 2. The Morgan fingerprint density at radius 3 is 2.24 bits per heavy atom. The van der Waals surface area contributed by atoms with E-state index < -0.39 is 6.43 Å². The minimum absolute atomic E-state index is 0.247. The number of benzene rings is 2. The van der Waals surface area contributed by atoms with E-state index >= 15 is 0 Å². The van der Waals surface area contributed by atoms with Crippen molar-refractivity contribution in [3.05, 3.63) is 70.9 Å². The second-order valence-corrected chi connectivity index (χ2v) is 7.54. The van der Waals surface area contributed by atoms with Gasteiger partial charge in [-0.25, -0.2) is 18.7 Å². The van der Waals surface area contributed by atoms with Gasteiger partial charge in [0.25, 0.3) is 6.43 Å². The number of hydrogen-bond acceptors (Lipinski definition) is 4. The summed E-state index contributed by atoms with van der Waals surface area (Å²) in [5, 5.41) is 0.695. The van der Waals surface area contributed by atoms with Gasteiger partial charge in [-0.2, -0.15) is 0 Å². The van der Waals surface area contributed by atoms with Crippen LogP contribution in [0.3, 0.4) is 0 Å². The van der Waals surface area contributed by atoms with E-state index in [1.165, 1.54) is 6.07 Å². The van der Waals surface area contributed by atoms with Crippen LogP contribution in [0.4, 0.5) is 20.4 Å². The molecular weight excluding hydrogens is 394 g/mol. The Bertz CT molecular complexity index is 986. The molecule has 0 spiro atoms. The topological polar surface area (TPSA) is 32.3 Å². The van der Waals surface area contributed by atoms with Crippen molar-refractivity contribution in [2.75, 3.05) is 36.0 Å². The van der Waals surface area contributed by atoms with E-state index in [4.69, 9.17) is 11.6 Å². The van der Waals surface area contributed by atoms with Crippen LogP contribution < -0.4 is 9.80 Å². The Balaban J connectivity index is 1.57. The zero-order valence-corrected chi connectivity index (χ0v) is 16.8. The van der Waals surface area contributed by atoms with Crippen LogP contribution >= 0.6 is 11.6 Å². The Hall–Kier alpha value is -2.73. The smallest absolute Gasteiger partial charge is 0.280 e. The van der Waals surface area contributed by atoms with Crippen molar-refractivity contribution in [2.45, 2.75) is 13.3 Å². The molecule has 7 heteroatoms. The molecule has 0 unspecified atom stereocenters. The molecule has 1 aromatic heterocycles. The van der Waals surface area contributed by atoms with Gasteiger partial charge in [-0.15, -0.1) is 0 Å². The van der Waals surface area contributed by atoms with Crippen LogP contribution in [0.15, 0.2) is 54.6 Å². The number of hydrogen-bond donors (Lipinski definition) is 0. The first-order valence-electron chi connectivity index (χ1n) is 9.49. The van der Waals surface area contributed by atoms with Crippen LogP contribution in [0.5, 0.6) is 0 Å². The van der Waals surface area contributed by atoms with E-state index in [1.54, 1.807) is 0 Å². The van der Waals surface area contributed by atoms with Crippen LogP contribution in [0, 0.1) is 6.92 Å². The molecule has 150 valence electrons. The lowest BCUT2D eigenvalue weighted by Crippen LogP contribution is -2.47. The molecule has 4 nitrogen and oxygen atoms in total. The maximum absolute atomic E-state index is 13.5. The lowest BCUT2D eigenvalue weighted by molar-refractivity contribution is 0.146. The van der Waals surface area contributed by atoms with Crippen LogP contribution in [0.1, 0.15) is 17.7 Å². The zero-order chi connectivity index (χ0) is 20.4. The molecule has 2 aromatic carbocycles. The third kappa shape index (κ3) is 4.48. The van der Waals surface area contributed by atoms with Gasteiger partial charge >= 0.3 is 0 Å². The monoisotopic (exact) mass is 414 g/mol. The highest BCUT2D eigenvalue weighted by molar-refractivity contribution is 6.30. The van der Waals surface area contributed by atoms with Crippen LogP contribution in [-0.2, 0) is 0 Å². The number of aryl methyl sites for hydroxylation is 1. The highest BCUT2D eigenvalue weighted by Gasteiger charge is 2.22. The van der Waals surface area contributed by atoms with E-state index in [0.29, 0.717) is 29.8 Å². The molecule has 0 atom stereocenters. The molecule has 1 saturated heterocycles. The Kier molecular flexibility index (Phi) is 5.62. The average Bonchev–Trinajstić information content (AvgIpc) is 2.74. The summed E-state index contributed by atoms with van der Waals surface area (Å²) >= 11 is 6.09. The predicted molar refractivity (Wildman–Crippen MR) is 113 cm³/mol. The standard InChI is InChI=1S/C22H21ClF2N4/c1-15-5-7-16(8-6-15)19-14-20(21(24)25)27-22(26-19)29-11-9-28(10-12-29)18-4-2-3-17(23)13-18/h2-8,13-14,21H,9-12H2,1H3.